The van der Waals surface area contributed by atoms with Crippen LogP contribution in [0.1, 0.15) is 44.9 Å². The Morgan fingerprint density at radius 1 is 1.16 bits per heavy atom. The zero-order valence-corrected chi connectivity index (χ0v) is 11.8. The van der Waals surface area contributed by atoms with Crippen molar-refractivity contribution in [2.75, 3.05) is 26.4 Å². The van der Waals surface area contributed by atoms with Crippen LogP contribution in [-0.2, 0) is 14.2 Å². The van der Waals surface area contributed by atoms with Crippen LogP contribution in [0.3, 0.4) is 0 Å². The SMILES string of the molecule is NC(CC1CCCCO1)C1CCOC2(CCOC2)C1. The van der Waals surface area contributed by atoms with Crippen LogP contribution in [0.4, 0.5) is 0 Å². The topological polar surface area (TPSA) is 53.7 Å². The predicted octanol–water partition coefficient (Wildman–Crippen LogP) is 1.86. The van der Waals surface area contributed by atoms with E-state index in [0.717, 1.165) is 52.1 Å². The second-order valence-electron chi connectivity index (χ2n) is 6.48. The van der Waals surface area contributed by atoms with Gasteiger partial charge in [-0.1, -0.05) is 0 Å². The molecule has 0 bridgehead atoms. The number of hydrogen-bond acceptors (Lipinski definition) is 4. The van der Waals surface area contributed by atoms with Gasteiger partial charge in [0.05, 0.1) is 18.3 Å². The molecule has 4 heteroatoms. The molecule has 0 amide bonds. The lowest BCUT2D eigenvalue weighted by atomic mass is 9.79. The molecule has 0 aromatic carbocycles. The Morgan fingerprint density at radius 2 is 2.11 bits per heavy atom. The highest BCUT2D eigenvalue weighted by Gasteiger charge is 2.42. The zero-order chi connectivity index (χ0) is 13.1. The van der Waals surface area contributed by atoms with Crippen LogP contribution in [0.25, 0.3) is 0 Å². The number of hydrogen-bond donors (Lipinski definition) is 1. The van der Waals surface area contributed by atoms with Gasteiger partial charge < -0.3 is 19.9 Å². The molecular weight excluding hydrogens is 242 g/mol. The first-order chi connectivity index (χ1) is 9.27. The van der Waals surface area contributed by atoms with Crippen molar-refractivity contribution in [1.82, 2.24) is 0 Å². The number of nitrogens with two attached hydrogens (primary N) is 1. The lowest BCUT2D eigenvalue weighted by molar-refractivity contribution is -0.104. The fraction of sp³-hybridized carbons (Fsp3) is 1.00. The summed E-state index contributed by atoms with van der Waals surface area (Å²) in [5.41, 5.74) is 6.43. The maximum absolute atomic E-state index is 6.45. The van der Waals surface area contributed by atoms with Gasteiger partial charge in [0.25, 0.3) is 0 Å². The van der Waals surface area contributed by atoms with Gasteiger partial charge in [-0.15, -0.1) is 0 Å². The first kappa shape index (κ1) is 13.8. The smallest absolute Gasteiger partial charge is 0.0939 e. The van der Waals surface area contributed by atoms with Gasteiger partial charge >= 0.3 is 0 Å². The van der Waals surface area contributed by atoms with Crippen molar-refractivity contribution in [3.8, 4) is 0 Å². The van der Waals surface area contributed by atoms with Crippen molar-refractivity contribution >= 4 is 0 Å². The van der Waals surface area contributed by atoms with Gasteiger partial charge in [0, 0.05) is 32.3 Å². The lowest BCUT2D eigenvalue weighted by Gasteiger charge is -2.40. The summed E-state index contributed by atoms with van der Waals surface area (Å²) in [6.07, 6.45) is 8.30. The Hall–Kier alpha value is -0.160. The van der Waals surface area contributed by atoms with Gasteiger partial charge in [0.2, 0.25) is 0 Å². The zero-order valence-electron chi connectivity index (χ0n) is 11.8. The highest BCUT2D eigenvalue weighted by Crippen LogP contribution is 2.37. The van der Waals surface area contributed by atoms with E-state index in [1.807, 2.05) is 0 Å². The second kappa shape index (κ2) is 6.08. The summed E-state index contributed by atoms with van der Waals surface area (Å²) in [4.78, 5) is 0. The first-order valence-corrected chi connectivity index (χ1v) is 7.86. The van der Waals surface area contributed by atoms with Crippen molar-refractivity contribution in [2.45, 2.75) is 62.7 Å². The summed E-state index contributed by atoms with van der Waals surface area (Å²) in [5.74, 6) is 0.570. The molecule has 4 atom stereocenters. The molecule has 4 unspecified atom stereocenters. The molecule has 110 valence electrons. The molecule has 3 heterocycles. The van der Waals surface area contributed by atoms with E-state index in [2.05, 4.69) is 0 Å². The lowest BCUT2D eigenvalue weighted by Crippen LogP contribution is -2.46. The third-order valence-corrected chi connectivity index (χ3v) is 5.01. The van der Waals surface area contributed by atoms with E-state index in [9.17, 15) is 0 Å². The summed E-state index contributed by atoms with van der Waals surface area (Å²) < 4.78 is 17.3. The summed E-state index contributed by atoms with van der Waals surface area (Å²) in [7, 11) is 0. The van der Waals surface area contributed by atoms with Crippen molar-refractivity contribution < 1.29 is 14.2 Å². The molecule has 2 N–H and O–H groups in total. The van der Waals surface area contributed by atoms with Crippen LogP contribution in [0.2, 0.25) is 0 Å². The van der Waals surface area contributed by atoms with E-state index in [-0.39, 0.29) is 11.6 Å². The van der Waals surface area contributed by atoms with E-state index in [0.29, 0.717) is 12.0 Å². The van der Waals surface area contributed by atoms with E-state index in [1.165, 1.54) is 19.3 Å². The molecule has 3 rings (SSSR count). The van der Waals surface area contributed by atoms with Gasteiger partial charge in [0.15, 0.2) is 0 Å². The van der Waals surface area contributed by atoms with Crippen LogP contribution < -0.4 is 5.73 Å². The van der Waals surface area contributed by atoms with E-state index in [1.54, 1.807) is 0 Å². The Morgan fingerprint density at radius 3 is 2.84 bits per heavy atom. The molecule has 3 aliphatic heterocycles. The highest BCUT2D eigenvalue weighted by atomic mass is 16.6. The van der Waals surface area contributed by atoms with Crippen LogP contribution in [0.15, 0.2) is 0 Å². The predicted molar refractivity (Wildman–Crippen MR) is 73.0 cm³/mol. The van der Waals surface area contributed by atoms with Crippen molar-refractivity contribution in [3.63, 3.8) is 0 Å². The van der Waals surface area contributed by atoms with Crippen LogP contribution in [0, 0.1) is 5.92 Å². The van der Waals surface area contributed by atoms with Gasteiger partial charge in [-0.05, 0) is 44.4 Å². The molecule has 19 heavy (non-hydrogen) atoms. The maximum Gasteiger partial charge on any atom is 0.0939 e. The summed E-state index contributed by atoms with van der Waals surface area (Å²) in [6.45, 7) is 3.36. The molecule has 0 aromatic rings. The Kier molecular flexibility index (Phi) is 4.42. The molecule has 1 spiro atoms. The highest BCUT2D eigenvalue weighted by molar-refractivity contribution is 4.93. The van der Waals surface area contributed by atoms with E-state index >= 15 is 0 Å². The Balaban J connectivity index is 1.52. The standard InChI is InChI=1S/C15H27NO3/c16-14(9-13-3-1-2-6-18-13)12-4-7-19-15(10-12)5-8-17-11-15/h12-14H,1-11,16H2. The molecule has 0 aliphatic carbocycles. The van der Waals surface area contributed by atoms with E-state index < -0.39 is 0 Å². The van der Waals surface area contributed by atoms with Gasteiger partial charge in [-0.2, -0.15) is 0 Å². The van der Waals surface area contributed by atoms with Crippen LogP contribution in [-0.4, -0.2) is 44.2 Å². The number of rotatable bonds is 3. The van der Waals surface area contributed by atoms with Gasteiger partial charge in [-0.3, -0.25) is 0 Å². The van der Waals surface area contributed by atoms with E-state index in [4.69, 9.17) is 19.9 Å². The Labute approximate surface area is 116 Å². The van der Waals surface area contributed by atoms with Crippen molar-refractivity contribution in [3.05, 3.63) is 0 Å². The second-order valence-corrected chi connectivity index (χ2v) is 6.48. The molecule has 3 aliphatic rings. The molecular formula is C15H27NO3. The molecule has 0 aromatic heterocycles. The molecule has 3 saturated heterocycles. The molecule has 4 nitrogen and oxygen atoms in total. The largest absolute Gasteiger partial charge is 0.378 e. The first-order valence-electron chi connectivity index (χ1n) is 7.86. The van der Waals surface area contributed by atoms with Crippen LogP contribution in [0.5, 0.6) is 0 Å². The minimum atomic E-state index is -0.0199. The summed E-state index contributed by atoms with van der Waals surface area (Å²) >= 11 is 0. The van der Waals surface area contributed by atoms with Crippen LogP contribution >= 0.6 is 0 Å². The fourth-order valence-electron chi connectivity index (χ4n) is 3.78. The maximum atomic E-state index is 6.45. The number of ether oxygens (including phenoxy) is 3. The molecule has 3 fully saturated rings. The average molecular weight is 269 g/mol. The third kappa shape index (κ3) is 3.30. The third-order valence-electron chi connectivity index (χ3n) is 5.01. The van der Waals surface area contributed by atoms with Gasteiger partial charge in [0.1, 0.15) is 0 Å². The minimum Gasteiger partial charge on any atom is -0.378 e. The van der Waals surface area contributed by atoms with Gasteiger partial charge in [-0.25, -0.2) is 0 Å². The molecule has 0 radical (unpaired) electrons. The average Bonchev–Trinajstić information content (AvgIpc) is 2.88. The normalized spacial score (nSPS) is 41.5. The quantitative estimate of drug-likeness (QED) is 0.849. The van der Waals surface area contributed by atoms with Crippen molar-refractivity contribution in [1.29, 1.82) is 0 Å². The Bertz CT molecular complexity index is 285. The summed E-state index contributed by atoms with van der Waals surface area (Å²) in [5, 5.41) is 0. The van der Waals surface area contributed by atoms with Crippen molar-refractivity contribution in [2.24, 2.45) is 11.7 Å². The molecule has 0 saturated carbocycles. The minimum absolute atomic E-state index is 0.0199. The summed E-state index contributed by atoms with van der Waals surface area (Å²) in [6, 6.07) is 0.254. The monoisotopic (exact) mass is 269 g/mol. The fourth-order valence-corrected chi connectivity index (χ4v) is 3.78.